The van der Waals surface area contributed by atoms with Crippen LogP contribution in [0.25, 0.3) is 11.1 Å². The highest BCUT2D eigenvalue weighted by Gasteiger charge is 2.15. The molecule has 2 amide bonds. The van der Waals surface area contributed by atoms with E-state index in [-0.39, 0.29) is 4.90 Å². The summed E-state index contributed by atoms with van der Waals surface area (Å²) in [5.74, 6) is 0. The molecule has 0 aliphatic heterocycles. The number of anilines is 2. The van der Waals surface area contributed by atoms with Gasteiger partial charge in [0.15, 0.2) is 0 Å². The van der Waals surface area contributed by atoms with Gasteiger partial charge in [-0.15, -0.1) is 0 Å². The first-order valence-corrected chi connectivity index (χ1v) is 10.2. The average Bonchev–Trinajstić information content (AvgIpc) is 3.08. The molecular formula is C18H17N3O3S2. The molecule has 1 heterocycles. The average molecular weight is 387 g/mol. The minimum Gasteiger partial charge on any atom is -0.308 e. The molecule has 2 aromatic carbocycles. The van der Waals surface area contributed by atoms with E-state index in [9.17, 15) is 13.2 Å². The number of hydrogen-bond acceptors (Lipinski definition) is 4. The van der Waals surface area contributed by atoms with Gasteiger partial charge in [-0.25, -0.2) is 18.4 Å². The Hall–Kier alpha value is -2.68. The van der Waals surface area contributed by atoms with Crippen LogP contribution in [0.3, 0.4) is 0 Å². The highest BCUT2D eigenvalue weighted by molar-refractivity contribution is 7.89. The van der Waals surface area contributed by atoms with E-state index in [1.54, 1.807) is 12.1 Å². The fourth-order valence-corrected chi connectivity index (χ4v) is 3.68. The lowest BCUT2D eigenvalue weighted by Crippen LogP contribution is -2.20. The van der Waals surface area contributed by atoms with Gasteiger partial charge in [0, 0.05) is 11.3 Å². The number of benzene rings is 2. The van der Waals surface area contributed by atoms with Crippen LogP contribution in [-0.2, 0) is 10.0 Å². The van der Waals surface area contributed by atoms with Gasteiger partial charge in [0.05, 0.1) is 10.6 Å². The Bertz CT molecular complexity index is 1050. The SMILES string of the molecule is Cc1cccc(NC(=O)Nc2cc(S(N)(=O)=O)ccc2-c2ccsc2)c1. The van der Waals surface area contributed by atoms with E-state index in [1.165, 1.54) is 23.5 Å². The van der Waals surface area contributed by atoms with Gasteiger partial charge in [0.25, 0.3) is 0 Å². The van der Waals surface area contributed by atoms with Crippen LogP contribution in [0.4, 0.5) is 16.2 Å². The zero-order valence-electron chi connectivity index (χ0n) is 13.9. The van der Waals surface area contributed by atoms with Crippen molar-refractivity contribution in [3.05, 3.63) is 64.9 Å². The molecule has 0 atom stereocenters. The number of aryl methyl sites for hydroxylation is 1. The third kappa shape index (κ3) is 4.29. The molecule has 8 heteroatoms. The summed E-state index contributed by atoms with van der Waals surface area (Å²) in [6.45, 7) is 1.92. The molecule has 26 heavy (non-hydrogen) atoms. The van der Waals surface area contributed by atoms with E-state index in [2.05, 4.69) is 10.6 Å². The zero-order chi connectivity index (χ0) is 18.7. The Kier molecular flexibility index (Phi) is 5.08. The summed E-state index contributed by atoms with van der Waals surface area (Å²) in [7, 11) is -3.88. The third-order valence-corrected chi connectivity index (χ3v) is 5.27. The van der Waals surface area contributed by atoms with Crippen LogP contribution in [0.1, 0.15) is 5.56 Å². The third-order valence-electron chi connectivity index (χ3n) is 3.68. The van der Waals surface area contributed by atoms with Crippen molar-refractivity contribution in [1.82, 2.24) is 0 Å². The predicted octanol–water partition coefficient (Wildman–Crippen LogP) is 4.01. The predicted molar refractivity (Wildman–Crippen MR) is 105 cm³/mol. The largest absolute Gasteiger partial charge is 0.323 e. The van der Waals surface area contributed by atoms with Crippen LogP contribution >= 0.6 is 11.3 Å². The molecule has 0 bridgehead atoms. The maximum absolute atomic E-state index is 12.4. The minimum atomic E-state index is -3.88. The topological polar surface area (TPSA) is 101 Å². The molecule has 0 saturated heterocycles. The number of primary sulfonamides is 1. The Morgan fingerprint density at radius 1 is 1.08 bits per heavy atom. The number of carbonyl (C=O) groups is 1. The molecule has 4 N–H and O–H groups in total. The van der Waals surface area contributed by atoms with Crippen LogP contribution < -0.4 is 15.8 Å². The summed E-state index contributed by atoms with van der Waals surface area (Å²) >= 11 is 1.50. The number of nitrogens with two attached hydrogens (primary N) is 1. The molecule has 3 aromatic rings. The highest BCUT2D eigenvalue weighted by atomic mass is 32.2. The quantitative estimate of drug-likeness (QED) is 0.630. The zero-order valence-corrected chi connectivity index (χ0v) is 15.5. The van der Waals surface area contributed by atoms with Crippen LogP contribution in [0, 0.1) is 6.92 Å². The number of nitrogens with one attached hydrogen (secondary N) is 2. The van der Waals surface area contributed by atoms with E-state index >= 15 is 0 Å². The lowest BCUT2D eigenvalue weighted by Gasteiger charge is -2.13. The van der Waals surface area contributed by atoms with Gasteiger partial charge in [-0.3, -0.25) is 0 Å². The molecule has 0 aliphatic carbocycles. The highest BCUT2D eigenvalue weighted by Crippen LogP contribution is 2.31. The van der Waals surface area contributed by atoms with E-state index in [0.29, 0.717) is 16.9 Å². The van der Waals surface area contributed by atoms with Gasteiger partial charge in [0.1, 0.15) is 0 Å². The number of thiophene rings is 1. The molecule has 6 nitrogen and oxygen atoms in total. The maximum Gasteiger partial charge on any atom is 0.323 e. The number of carbonyl (C=O) groups excluding carboxylic acids is 1. The van der Waals surface area contributed by atoms with Crippen LogP contribution in [-0.4, -0.2) is 14.4 Å². The fourth-order valence-electron chi connectivity index (χ4n) is 2.48. The molecule has 3 rings (SSSR count). The van der Waals surface area contributed by atoms with Crippen molar-refractivity contribution in [2.24, 2.45) is 5.14 Å². The summed E-state index contributed by atoms with van der Waals surface area (Å²) in [5, 5.41) is 14.5. The van der Waals surface area contributed by atoms with Gasteiger partial charge < -0.3 is 10.6 Å². The van der Waals surface area contributed by atoms with E-state index in [1.807, 2.05) is 41.9 Å². The normalized spacial score (nSPS) is 11.2. The molecular weight excluding hydrogens is 370 g/mol. The Morgan fingerprint density at radius 3 is 2.54 bits per heavy atom. The summed E-state index contributed by atoms with van der Waals surface area (Å²) in [5.41, 5.74) is 3.60. The number of hydrogen-bond donors (Lipinski definition) is 3. The Morgan fingerprint density at radius 2 is 1.88 bits per heavy atom. The van der Waals surface area contributed by atoms with Crippen molar-refractivity contribution in [2.45, 2.75) is 11.8 Å². The second-order valence-electron chi connectivity index (χ2n) is 5.71. The van der Waals surface area contributed by atoms with E-state index in [0.717, 1.165) is 11.1 Å². The monoisotopic (exact) mass is 387 g/mol. The molecule has 0 unspecified atom stereocenters. The minimum absolute atomic E-state index is 0.0673. The number of amides is 2. The molecule has 1 aromatic heterocycles. The fraction of sp³-hybridized carbons (Fsp3) is 0.0556. The van der Waals surface area contributed by atoms with Crippen molar-refractivity contribution in [2.75, 3.05) is 10.6 Å². The number of urea groups is 1. The van der Waals surface area contributed by atoms with Gasteiger partial charge in [-0.05, 0) is 59.1 Å². The number of sulfonamides is 1. The van der Waals surface area contributed by atoms with Gasteiger partial charge in [-0.1, -0.05) is 18.2 Å². The Balaban J connectivity index is 1.92. The van der Waals surface area contributed by atoms with Crippen LogP contribution in [0.2, 0.25) is 0 Å². The molecule has 0 fully saturated rings. The first kappa shape index (κ1) is 18.1. The van der Waals surface area contributed by atoms with Crippen molar-refractivity contribution >= 4 is 38.8 Å². The summed E-state index contributed by atoms with van der Waals surface area (Å²) in [4.78, 5) is 12.3. The molecule has 134 valence electrons. The first-order valence-electron chi connectivity index (χ1n) is 7.67. The van der Waals surface area contributed by atoms with Crippen molar-refractivity contribution in [1.29, 1.82) is 0 Å². The number of rotatable bonds is 4. The summed E-state index contributed by atoms with van der Waals surface area (Å²) in [6.07, 6.45) is 0. The molecule has 0 spiro atoms. The van der Waals surface area contributed by atoms with Gasteiger partial charge in [-0.2, -0.15) is 11.3 Å². The second-order valence-corrected chi connectivity index (χ2v) is 8.05. The van der Waals surface area contributed by atoms with E-state index < -0.39 is 16.1 Å². The van der Waals surface area contributed by atoms with Crippen molar-refractivity contribution in [3.63, 3.8) is 0 Å². The van der Waals surface area contributed by atoms with Crippen LogP contribution in [0.15, 0.2) is 64.2 Å². The van der Waals surface area contributed by atoms with Crippen LogP contribution in [0.5, 0.6) is 0 Å². The summed E-state index contributed by atoms with van der Waals surface area (Å²) in [6, 6.07) is 13.2. The Labute approximate surface area is 155 Å². The smallest absolute Gasteiger partial charge is 0.308 e. The van der Waals surface area contributed by atoms with Crippen molar-refractivity contribution < 1.29 is 13.2 Å². The first-order chi connectivity index (χ1) is 12.3. The van der Waals surface area contributed by atoms with Gasteiger partial charge in [0.2, 0.25) is 10.0 Å². The van der Waals surface area contributed by atoms with E-state index in [4.69, 9.17) is 5.14 Å². The lowest BCUT2D eigenvalue weighted by molar-refractivity contribution is 0.262. The maximum atomic E-state index is 12.4. The molecule has 0 saturated carbocycles. The lowest BCUT2D eigenvalue weighted by atomic mass is 10.1. The summed E-state index contributed by atoms with van der Waals surface area (Å²) < 4.78 is 23.3. The van der Waals surface area contributed by atoms with Crippen molar-refractivity contribution in [3.8, 4) is 11.1 Å². The standard InChI is InChI=1S/C18H17N3O3S2/c1-12-3-2-4-14(9-12)20-18(22)21-17-10-15(26(19,23)24)5-6-16(17)13-7-8-25-11-13/h2-11H,1H3,(H2,19,23,24)(H2,20,21,22). The molecule has 0 aliphatic rings. The second kappa shape index (κ2) is 7.28. The van der Waals surface area contributed by atoms with Gasteiger partial charge >= 0.3 is 6.03 Å². The molecule has 0 radical (unpaired) electrons.